The van der Waals surface area contributed by atoms with E-state index in [2.05, 4.69) is 24.1 Å². The standard InChI is InChI=1S/C6H11NS/c1-7-5-4-2-3-8-6(4)5/h4-7H,2-3H2,1H3/t4-,5?,6-/m1/s1. The van der Waals surface area contributed by atoms with Crippen molar-refractivity contribution in [2.24, 2.45) is 5.92 Å². The highest BCUT2D eigenvalue weighted by atomic mass is 32.2. The van der Waals surface area contributed by atoms with E-state index in [9.17, 15) is 0 Å². The van der Waals surface area contributed by atoms with Crippen molar-refractivity contribution in [1.82, 2.24) is 5.32 Å². The first-order valence-corrected chi connectivity index (χ1v) is 4.27. The Bertz CT molecular complexity index is 87.9. The van der Waals surface area contributed by atoms with Crippen LogP contribution in [0.15, 0.2) is 0 Å². The minimum atomic E-state index is 0.883. The summed E-state index contributed by atoms with van der Waals surface area (Å²) in [5.41, 5.74) is 0. The van der Waals surface area contributed by atoms with Crippen LogP contribution in [0.2, 0.25) is 0 Å². The molecule has 8 heavy (non-hydrogen) atoms. The molecule has 1 aliphatic heterocycles. The zero-order chi connectivity index (χ0) is 5.56. The van der Waals surface area contributed by atoms with Gasteiger partial charge in [-0.15, -0.1) is 0 Å². The Morgan fingerprint density at radius 1 is 1.62 bits per heavy atom. The van der Waals surface area contributed by atoms with E-state index in [0.29, 0.717) is 0 Å². The molecule has 1 saturated heterocycles. The van der Waals surface area contributed by atoms with Crippen molar-refractivity contribution < 1.29 is 0 Å². The minimum absolute atomic E-state index is 0.883. The Hall–Kier alpha value is 0.310. The molecule has 2 heteroatoms. The van der Waals surface area contributed by atoms with Crippen LogP contribution in [0.5, 0.6) is 0 Å². The van der Waals surface area contributed by atoms with Gasteiger partial charge in [-0.05, 0) is 25.1 Å². The fraction of sp³-hybridized carbons (Fsp3) is 1.00. The van der Waals surface area contributed by atoms with E-state index >= 15 is 0 Å². The van der Waals surface area contributed by atoms with Crippen LogP contribution in [0.25, 0.3) is 0 Å². The molecule has 0 aromatic heterocycles. The van der Waals surface area contributed by atoms with Gasteiger partial charge in [0.15, 0.2) is 0 Å². The van der Waals surface area contributed by atoms with Crippen LogP contribution in [0, 0.1) is 5.92 Å². The smallest absolute Gasteiger partial charge is 0.0247 e. The second-order valence-electron chi connectivity index (χ2n) is 2.60. The average molecular weight is 129 g/mol. The average Bonchev–Trinajstić information content (AvgIpc) is 2.22. The molecule has 3 atom stereocenters. The Morgan fingerprint density at radius 2 is 2.50 bits per heavy atom. The van der Waals surface area contributed by atoms with Gasteiger partial charge in [0, 0.05) is 11.3 Å². The maximum Gasteiger partial charge on any atom is 0.0247 e. The lowest BCUT2D eigenvalue weighted by molar-refractivity contribution is 0.692. The fourth-order valence-electron chi connectivity index (χ4n) is 1.63. The van der Waals surface area contributed by atoms with Crippen LogP contribution < -0.4 is 5.32 Å². The van der Waals surface area contributed by atoms with Gasteiger partial charge in [-0.2, -0.15) is 11.8 Å². The van der Waals surface area contributed by atoms with Gasteiger partial charge < -0.3 is 5.32 Å². The maximum absolute atomic E-state index is 3.32. The monoisotopic (exact) mass is 129 g/mol. The predicted octanol–water partition coefficient (Wildman–Crippen LogP) is 0.710. The third-order valence-electron chi connectivity index (χ3n) is 2.19. The van der Waals surface area contributed by atoms with Gasteiger partial charge in [-0.25, -0.2) is 0 Å². The van der Waals surface area contributed by atoms with E-state index in [-0.39, 0.29) is 0 Å². The number of fused-ring (bicyclic) bond motifs is 1. The summed E-state index contributed by atoms with van der Waals surface area (Å²) in [5.74, 6) is 2.46. The van der Waals surface area contributed by atoms with Crippen LogP contribution in [-0.4, -0.2) is 24.1 Å². The summed E-state index contributed by atoms with van der Waals surface area (Å²) >= 11 is 2.14. The summed E-state index contributed by atoms with van der Waals surface area (Å²) in [7, 11) is 2.07. The zero-order valence-corrected chi connectivity index (χ0v) is 5.87. The Morgan fingerprint density at radius 3 is 2.88 bits per heavy atom. The largest absolute Gasteiger partial charge is 0.316 e. The van der Waals surface area contributed by atoms with Gasteiger partial charge in [-0.3, -0.25) is 0 Å². The van der Waals surface area contributed by atoms with Crippen molar-refractivity contribution in [2.75, 3.05) is 12.8 Å². The second kappa shape index (κ2) is 1.64. The molecule has 0 aromatic rings. The van der Waals surface area contributed by atoms with Gasteiger partial charge in [-0.1, -0.05) is 0 Å². The molecule has 2 rings (SSSR count). The highest BCUT2D eigenvalue weighted by Crippen LogP contribution is 2.50. The van der Waals surface area contributed by atoms with E-state index in [1.807, 2.05) is 0 Å². The molecule has 0 radical (unpaired) electrons. The highest BCUT2D eigenvalue weighted by molar-refractivity contribution is 8.00. The summed E-state index contributed by atoms with van der Waals surface area (Å²) in [6.45, 7) is 0. The van der Waals surface area contributed by atoms with E-state index in [4.69, 9.17) is 0 Å². The van der Waals surface area contributed by atoms with E-state index in [0.717, 1.165) is 17.2 Å². The maximum atomic E-state index is 3.32. The number of nitrogens with one attached hydrogen (secondary N) is 1. The molecule has 1 N–H and O–H groups in total. The molecule has 1 aliphatic carbocycles. The van der Waals surface area contributed by atoms with Gasteiger partial charge in [0.1, 0.15) is 0 Å². The van der Waals surface area contributed by atoms with Crippen LogP contribution in [0.4, 0.5) is 0 Å². The lowest BCUT2D eigenvalue weighted by atomic mass is 10.3. The Balaban J connectivity index is 1.94. The van der Waals surface area contributed by atoms with Gasteiger partial charge >= 0.3 is 0 Å². The van der Waals surface area contributed by atoms with Crippen LogP contribution in [-0.2, 0) is 0 Å². The van der Waals surface area contributed by atoms with Gasteiger partial charge in [0.05, 0.1) is 0 Å². The Kier molecular flexibility index (Phi) is 1.05. The van der Waals surface area contributed by atoms with Crippen molar-refractivity contribution in [1.29, 1.82) is 0 Å². The normalized spacial score (nSPS) is 51.4. The fourth-order valence-corrected chi connectivity index (χ4v) is 3.32. The second-order valence-corrected chi connectivity index (χ2v) is 3.89. The molecular formula is C6H11NS. The molecule has 1 heterocycles. The van der Waals surface area contributed by atoms with Crippen LogP contribution >= 0.6 is 11.8 Å². The van der Waals surface area contributed by atoms with Gasteiger partial charge in [0.25, 0.3) is 0 Å². The van der Waals surface area contributed by atoms with Crippen molar-refractivity contribution in [2.45, 2.75) is 17.7 Å². The quantitative estimate of drug-likeness (QED) is 0.559. The molecule has 2 aliphatic rings. The SMILES string of the molecule is CNC1[C@H]2CCS[C@@H]12. The molecule has 1 nitrogen and oxygen atoms in total. The third kappa shape index (κ3) is 0.531. The van der Waals surface area contributed by atoms with Crippen molar-refractivity contribution in [3.8, 4) is 0 Å². The van der Waals surface area contributed by atoms with Crippen LogP contribution in [0.1, 0.15) is 6.42 Å². The summed E-state index contributed by atoms with van der Waals surface area (Å²) < 4.78 is 0. The number of hydrogen-bond acceptors (Lipinski definition) is 2. The predicted molar refractivity (Wildman–Crippen MR) is 37.2 cm³/mol. The molecule has 46 valence electrons. The van der Waals surface area contributed by atoms with E-state index < -0.39 is 0 Å². The van der Waals surface area contributed by atoms with E-state index in [1.165, 1.54) is 12.2 Å². The molecule has 2 fully saturated rings. The zero-order valence-electron chi connectivity index (χ0n) is 5.05. The number of thioether (sulfide) groups is 1. The molecule has 0 amide bonds. The molecule has 0 bridgehead atoms. The summed E-state index contributed by atoms with van der Waals surface area (Å²) in [6.07, 6.45) is 1.46. The lowest BCUT2D eigenvalue weighted by Gasteiger charge is -1.97. The Labute approximate surface area is 54.2 Å². The highest BCUT2D eigenvalue weighted by Gasteiger charge is 2.52. The molecule has 1 saturated carbocycles. The lowest BCUT2D eigenvalue weighted by Crippen LogP contribution is -2.14. The summed E-state index contributed by atoms with van der Waals surface area (Å²) in [6, 6.07) is 0.883. The molecule has 0 aromatic carbocycles. The topological polar surface area (TPSA) is 12.0 Å². The third-order valence-corrected chi connectivity index (χ3v) is 3.69. The number of rotatable bonds is 1. The molecular weight excluding hydrogens is 118 g/mol. The summed E-state index contributed by atoms with van der Waals surface area (Å²) in [4.78, 5) is 0. The van der Waals surface area contributed by atoms with E-state index in [1.54, 1.807) is 0 Å². The van der Waals surface area contributed by atoms with Crippen LogP contribution in [0.3, 0.4) is 0 Å². The molecule has 0 spiro atoms. The summed E-state index contributed by atoms with van der Waals surface area (Å²) in [5, 5.41) is 4.32. The van der Waals surface area contributed by atoms with Crippen molar-refractivity contribution >= 4 is 11.8 Å². The first-order chi connectivity index (χ1) is 3.93. The first kappa shape index (κ1) is 5.12. The van der Waals surface area contributed by atoms with Gasteiger partial charge in [0.2, 0.25) is 0 Å². The van der Waals surface area contributed by atoms with Crippen molar-refractivity contribution in [3.05, 3.63) is 0 Å². The first-order valence-electron chi connectivity index (χ1n) is 3.22. The molecule has 1 unspecified atom stereocenters. The van der Waals surface area contributed by atoms with Crippen molar-refractivity contribution in [3.63, 3.8) is 0 Å². The minimum Gasteiger partial charge on any atom is -0.316 e. The number of hydrogen-bond donors (Lipinski definition) is 1.